The van der Waals surface area contributed by atoms with Gasteiger partial charge in [-0.1, -0.05) is 12.1 Å². The Balaban J connectivity index is 2.38. The maximum absolute atomic E-state index is 12.2. The lowest BCUT2D eigenvalue weighted by Crippen LogP contribution is -2.15. The molecule has 20 heavy (non-hydrogen) atoms. The van der Waals surface area contributed by atoms with Crippen molar-refractivity contribution in [1.82, 2.24) is 5.16 Å². The Morgan fingerprint density at radius 2 is 2.30 bits per heavy atom. The number of halogens is 1. The third kappa shape index (κ3) is 2.72. The highest BCUT2D eigenvalue weighted by Gasteiger charge is 2.26. The van der Waals surface area contributed by atoms with Crippen LogP contribution in [0.2, 0.25) is 0 Å². The first-order valence-corrected chi connectivity index (χ1v) is 8.50. The summed E-state index contributed by atoms with van der Waals surface area (Å²) < 4.78 is 31.8. The molecule has 0 aliphatic rings. The molecule has 10 heteroatoms. The van der Waals surface area contributed by atoms with Crippen LogP contribution in [0.3, 0.4) is 0 Å². The second-order valence-corrected chi connectivity index (χ2v) is 7.01. The molecule has 2 aromatic heterocycles. The number of thiophene rings is 1. The quantitative estimate of drug-likeness (QED) is 0.824. The zero-order valence-electron chi connectivity index (χ0n) is 10.1. The minimum Gasteiger partial charge on any atom is -0.477 e. The van der Waals surface area contributed by atoms with E-state index in [2.05, 4.69) is 25.8 Å². The van der Waals surface area contributed by atoms with Crippen molar-refractivity contribution in [1.29, 1.82) is 0 Å². The van der Waals surface area contributed by atoms with E-state index in [-0.39, 0.29) is 15.7 Å². The number of hydrogen-bond donors (Lipinski definition) is 2. The molecule has 0 unspecified atom stereocenters. The first kappa shape index (κ1) is 15.0. The van der Waals surface area contributed by atoms with Crippen molar-refractivity contribution in [2.45, 2.75) is 18.2 Å². The van der Waals surface area contributed by atoms with E-state index >= 15 is 0 Å². The third-order valence-electron chi connectivity index (χ3n) is 2.37. The van der Waals surface area contributed by atoms with E-state index in [4.69, 9.17) is 9.63 Å². The molecule has 2 aromatic rings. The number of sulfonamides is 1. The van der Waals surface area contributed by atoms with Crippen LogP contribution in [0.4, 0.5) is 5.88 Å². The van der Waals surface area contributed by atoms with Gasteiger partial charge in [-0.3, -0.25) is 0 Å². The van der Waals surface area contributed by atoms with Crippen molar-refractivity contribution in [3.05, 3.63) is 26.5 Å². The number of aromatic nitrogens is 1. The molecular weight excluding hydrogens is 372 g/mol. The molecule has 0 radical (unpaired) electrons. The summed E-state index contributed by atoms with van der Waals surface area (Å²) >= 11 is 4.01. The Morgan fingerprint density at radius 3 is 2.85 bits per heavy atom. The fourth-order valence-electron chi connectivity index (χ4n) is 1.44. The average Bonchev–Trinajstić information content (AvgIpc) is 2.98. The summed E-state index contributed by atoms with van der Waals surface area (Å²) in [7, 11) is -4.05. The van der Waals surface area contributed by atoms with Gasteiger partial charge >= 0.3 is 5.97 Å². The SMILES string of the molecule is CCc1noc(NS(=O)(=O)c2ccsc2C(=O)O)c1Br. The maximum atomic E-state index is 12.2. The minimum absolute atomic E-state index is 0.0793. The monoisotopic (exact) mass is 380 g/mol. The molecule has 2 rings (SSSR count). The maximum Gasteiger partial charge on any atom is 0.347 e. The second kappa shape index (κ2) is 5.54. The number of hydrogen-bond acceptors (Lipinski definition) is 6. The Bertz CT molecular complexity index is 750. The topological polar surface area (TPSA) is 110 Å². The lowest BCUT2D eigenvalue weighted by molar-refractivity contribution is 0.0698. The van der Waals surface area contributed by atoms with Crippen molar-refractivity contribution in [2.75, 3.05) is 4.72 Å². The largest absolute Gasteiger partial charge is 0.477 e. The summed E-state index contributed by atoms with van der Waals surface area (Å²) in [5, 5.41) is 14.0. The minimum atomic E-state index is -4.05. The molecule has 0 bridgehead atoms. The summed E-state index contributed by atoms with van der Waals surface area (Å²) in [5.74, 6) is -1.38. The number of carbonyl (C=O) groups is 1. The zero-order chi connectivity index (χ0) is 14.9. The van der Waals surface area contributed by atoms with Crippen LogP contribution >= 0.6 is 27.3 Å². The van der Waals surface area contributed by atoms with Crippen LogP contribution in [0, 0.1) is 0 Å². The fourth-order valence-corrected chi connectivity index (χ4v) is 4.35. The molecule has 2 heterocycles. The van der Waals surface area contributed by atoms with E-state index in [1.165, 1.54) is 11.4 Å². The molecule has 0 atom stereocenters. The molecule has 0 aliphatic carbocycles. The van der Waals surface area contributed by atoms with Gasteiger partial charge in [0.1, 0.15) is 14.2 Å². The standard InChI is InChI=1S/C10H9BrN2O5S2/c1-2-5-7(11)9(18-12-5)13-20(16,17)6-3-4-19-8(6)10(14)15/h3-4,13H,2H2,1H3,(H,14,15). The van der Waals surface area contributed by atoms with Crippen molar-refractivity contribution in [2.24, 2.45) is 0 Å². The van der Waals surface area contributed by atoms with Gasteiger partial charge in [-0.15, -0.1) is 11.3 Å². The van der Waals surface area contributed by atoms with E-state index in [0.29, 0.717) is 16.6 Å². The number of nitrogens with one attached hydrogen (secondary N) is 1. The second-order valence-electron chi connectivity index (χ2n) is 3.65. The highest BCUT2D eigenvalue weighted by molar-refractivity contribution is 9.10. The molecule has 0 amide bonds. The van der Waals surface area contributed by atoms with Crippen LogP contribution in [0.25, 0.3) is 0 Å². The highest BCUT2D eigenvalue weighted by atomic mass is 79.9. The molecule has 7 nitrogen and oxygen atoms in total. The van der Waals surface area contributed by atoms with E-state index in [9.17, 15) is 13.2 Å². The summed E-state index contributed by atoms with van der Waals surface area (Å²) in [5.41, 5.74) is 0.562. The molecule has 0 aromatic carbocycles. The van der Waals surface area contributed by atoms with E-state index in [1.807, 2.05) is 6.92 Å². The average molecular weight is 381 g/mol. The predicted molar refractivity (Wildman–Crippen MR) is 75.7 cm³/mol. The van der Waals surface area contributed by atoms with Crippen LogP contribution < -0.4 is 4.72 Å². The Labute approximate surface area is 126 Å². The van der Waals surface area contributed by atoms with Gasteiger partial charge in [0, 0.05) is 0 Å². The van der Waals surface area contributed by atoms with Gasteiger partial charge in [0.15, 0.2) is 0 Å². The third-order valence-corrected chi connectivity index (χ3v) is 5.60. The summed E-state index contributed by atoms with van der Waals surface area (Å²) in [6.07, 6.45) is 0.560. The Hall–Kier alpha value is -1.39. The molecule has 0 saturated carbocycles. The van der Waals surface area contributed by atoms with Gasteiger partial charge in [-0.05, 0) is 33.8 Å². The van der Waals surface area contributed by atoms with Gasteiger partial charge in [0.05, 0.1) is 5.69 Å². The first-order valence-electron chi connectivity index (χ1n) is 5.34. The number of aryl methyl sites for hydroxylation is 1. The summed E-state index contributed by atoms with van der Waals surface area (Å²) in [4.78, 5) is 10.4. The van der Waals surface area contributed by atoms with Crippen LogP contribution in [-0.4, -0.2) is 24.7 Å². The fraction of sp³-hybridized carbons (Fsp3) is 0.200. The summed E-state index contributed by atoms with van der Waals surface area (Å²) in [6.45, 7) is 1.84. The summed E-state index contributed by atoms with van der Waals surface area (Å²) in [6, 6.07) is 1.22. The normalized spacial score (nSPS) is 11.5. The van der Waals surface area contributed by atoms with E-state index in [0.717, 1.165) is 11.3 Å². The van der Waals surface area contributed by atoms with Gasteiger partial charge < -0.3 is 9.63 Å². The molecule has 0 fully saturated rings. The highest BCUT2D eigenvalue weighted by Crippen LogP contribution is 2.30. The van der Waals surface area contributed by atoms with Crippen LogP contribution in [0.5, 0.6) is 0 Å². The zero-order valence-corrected chi connectivity index (χ0v) is 13.3. The van der Waals surface area contributed by atoms with Gasteiger partial charge in [0.2, 0.25) is 0 Å². The van der Waals surface area contributed by atoms with Crippen molar-refractivity contribution >= 4 is 49.1 Å². The lowest BCUT2D eigenvalue weighted by atomic mass is 10.3. The number of aromatic carboxylic acids is 1. The molecule has 0 aliphatic heterocycles. The van der Waals surface area contributed by atoms with Crippen LogP contribution in [0.15, 0.2) is 25.3 Å². The lowest BCUT2D eigenvalue weighted by Gasteiger charge is -2.04. The van der Waals surface area contributed by atoms with E-state index < -0.39 is 16.0 Å². The van der Waals surface area contributed by atoms with Crippen LogP contribution in [-0.2, 0) is 16.4 Å². The number of carboxylic acids is 1. The number of rotatable bonds is 5. The van der Waals surface area contributed by atoms with Gasteiger partial charge in [-0.25, -0.2) is 17.9 Å². The molecule has 0 spiro atoms. The van der Waals surface area contributed by atoms with Crippen molar-refractivity contribution in [3.8, 4) is 0 Å². The predicted octanol–water partition coefficient (Wildman–Crippen LogP) is 2.56. The smallest absolute Gasteiger partial charge is 0.347 e. The van der Waals surface area contributed by atoms with Gasteiger partial charge in [0.25, 0.3) is 15.9 Å². The Morgan fingerprint density at radius 1 is 1.60 bits per heavy atom. The number of carboxylic acid groups (broad SMARTS) is 1. The van der Waals surface area contributed by atoms with Crippen LogP contribution in [0.1, 0.15) is 22.3 Å². The van der Waals surface area contributed by atoms with Crippen molar-refractivity contribution in [3.63, 3.8) is 0 Å². The van der Waals surface area contributed by atoms with Gasteiger partial charge in [-0.2, -0.15) is 0 Å². The number of nitrogens with zero attached hydrogens (tertiary/aromatic N) is 1. The Kier molecular flexibility index (Phi) is 4.16. The molecular formula is C10H9BrN2O5S2. The van der Waals surface area contributed by atoms with E-state index in [1.54, 1.807) is 0 Å². The molecule has 0 saturated heterocycles. The van der Waals surface area contributed by atoms with Crippen molar-refractivity contribution < 1.29 is 22.8 Å². The number of anilines is 1. The molecule has 2 N–H and O–H groups in total. The first-order chi connectivity index (χ1) is 9.36. The molecule has 108 valence electrons.